The highest BCUT2D eigenvalue weighted by Gasteiger charge is 2.56. The van der Waals surface area contributed by atoms with Gasteiger partial charge in [0.2, 0.25) is 5.91 Å². The Morgan fingerprint density at radius 3 is 2.56 bits per heavy atom. The van der Waals surface area contributed by atoms with Crippen molar-refractivity contribution in [3.8, 4) is 11.5 Å². The first kappa shape index (κ1) is 24.2. The number of methoxy groups -OCH3 is 1. The second kappa shape index (κ2) is 8.87. The first-order valence-corrected chi connectivity index (χ1v) is 12.8. The molecule has 3 atom stereocenters. The summed E-state index contributed by atoms with van der Waals surface area (Å²) in [4.78, 5) is 34.7. The Hall–Kier alpha value is -3.48. The van der Waals surface area contributed by atoms with Gasteiger partial charge < -0.3 is 24.3 Å². The number of piperazine rings is 1. The van der Waals surface area contributed by atoms with E-state index in [1.165, 1.54) is 0 Å². The molecule has 2 aliphatic rings. The summed E-state index contributed by atoms with van der Waals surface area (Å²) in [5.74, 6) is 1.15. The molecule has 0 saturated carbocycles. The standard InChI is InChI=1S/C29H35N3O4/c1-7-18(4)31-16-25(33)32-15-21(19-12-13-23(36-17(2)3)24(14-19)35-6)26-20-10-8-9-11-22(20)30-27(26)29(32,5)28(31)34/h8-14,17-18,21,30H,7,15-16H2,1-6H3/t18-,21+,29-/m0/s1. The van der Waals surface area contributed by atoms with E-state index >= 15 is 0 Å². The molecule has 1 saturated heterocycles. The van der Waals surface area contributed by atoms with Gasteiger partial charge in [0.25, 0.3) is 5.91 Å². The van der Waals surface area contributed by atoms with Crippen LogP contribution in [0.15, 0.2) is 42.5 Å². The minimum Gasteiger partial charge on any atom is -0.493 e. The molecule has 0 unspecified atom stereocenters. The van der Waals surface area contributed by atoms with Crippen LogP contribution in [-0.2, 0) is 15.1 Å². The number of aromatic nitrogens is 1. The topological polar surface area (TPSA) is 74.9 Å². The van der Waals surface area contributed by atoms with Crippen LogP contribution >= 0.6 is 0 Å². The Bertz CT molecular complexity index is 1330. The molecule has 1 aromatic heterocycles. The quantitative estimate of drug-likeness (QED) is 0.540. The van der Waals surface area contributed by atoms with Crippen LogP contribution in [0.3, 0.4) is 0 Å². The van der Waals surface area contributed by atoms with Crippen molar-refractivity contribution in [2.24, 2.45) is 0 Å². The molecular weight excluding hydrogens is 454 g/mol. The van der Waals surface area contributed by atoms with E-state index in [4.69, 9.17) is 9.47 Å². The number of carbonyl (C=O) groups is 2. The molecule has 2 aliphatic heterocycles. The smallest absolute Gasteiger partial charge is 0.255 e. The van der Waals surface area contributed by atoms with E-state index in [0.29, 0.717) is 18.0 Å². The second-order valence-corrected chi connectivity index (χ2v) is 10.4. The molecule has 3 aromatic rings. The number of aromatic amines is 1. The molecule has 3 heterocycles. The second-order valence-electron chi connectivity index (χ2n) is 10.4. The van der Waals surface area contributed by atoms with Crippen LogP contribution in [0.4, 0.5) is 0 Å². The first-order valence-electron chi connectivity index (χ1n) is 12.8. The van der Waals surface area contributed by atoms with Crippen molar-refractivity contribution in [2.75, 3.05) is 20.2 Å². The number of para-hydroxylation sites is 1. The lowest BCUT2D eigenvalue weighted by Gasteiger charge is -2.52. The van der Waals surface area contributed by atoms with Gasteiger partial charge in [-0.1, -0.05) is 31.2 Å². The van der Waals surface area contributed by atoms with Gasteiger partial charge in [0.1, 0.15) is 6.54 Å². The molecular formula is C29H35N3O4. The van der Waals surface area contributed by atoms with E-state index < -0.39 is 5.54 Å². The average molecular weight is 490 g/mol. The van der Waals surface area contributed by atoms with Crippen LogP contribution in [0, 0.1) is 0 Å². The number of carbonyl (C=O) groups excluding carboxylic acids is 2. The van der Waals surface area contributed by atoms with Gasteiger partial charge in [0.05, 0.1) is 18.9 Å². The largest absolute Gasteiger partial charge is 0.493 e. The summed E-state index contributed by atoms with van der Waals surface area (Å²) in [6.07, 6.45) is 0.813. The minimum atomic E-state index is -1.09. The first-order chi connectivity index (χ1) is 17.2. The van der Waals surface area contributed by atoms with E-state index in [-0.39, 0.29) is 36.4 Å². The van der Waals surface area contributed by atoms with Gasteiger partial charge >= 0.3 is 0 Å². The summed E-state index contributed by atoms with van der Waals surface area (Å²) in [5, 5.41) is 1.07. The number of nitrogens with zero attached hydrogens (tertiary/aromatic N) is 2. The van der Waals surface area contributed by atoms with E-state index in [0.717, 1.165) is 34.1 Å². The van der Waals surface area contributed by atoms with Gasteiger partial charge in [0, 0.05) is 29.4 Å². The summed E-state index contributed by atoms with van der Waals surface area (Å²) < 4.78 is 11.6. The predicted octanol–water partition coefficient (Wildman–Crippen LogP) is 4.79. The highest BCUT2D eigenvalue weighted by Crippen LogP contribution is 2.49. The highest BCUT2D eigenvalue weighted by atomic mass is 16.5. The average Bonchev–Trinajstić information content (AvgIpc) is 3.26. The highest BCUT2D eigenvalue weighted by molar-refractivity contribution is 6.01. The number of hydrogen-bond acceptors (Lipinski definition) is 4. The third kappa shape index (κ3) is 3.55. The summed E-state index contributed by atoms with van der Waals surface area (Å²) in [6.45, 7) is 10.4. The van der Waals surface area contributed by atoms with Gasteiger partial charge in [-0.3, -0.25) is 9.59 Å². The Morgan fingerprint density at radius 2 is 1.86 bits per heavy atom. The van der Waals surface area contributed by atoms with Crippen molar-refractivity contribution in [3.05, 3.63) is 59.3 Å². The maximum absolute atomic E-state index is 14.0. The van der Waals surface area contributed by atoms with Crippen LogP contribution in [0.1, 0.15) is 63.8 Å². The van der Waals surface area contributed by atoms with Gasteiger partial charge in [-0.15, -0.1) is 0 Å². The number of nitrogens with one attached hydrogen (secondary N) is 1. The number of rotatable bonds is 6. The monoisotopic (exact) mass is 489 g/mol. The summed E-state index contributed by atoms with van der Waals surface area (Å²) in [6, 6.07) is 14.1. The summed E-state index contributed by atoms with van der Waals surface area (Å²) >= 11 is 0. The van der Waals surface area contributed by atoms with Crippen molar-refractivity contribution >= 4 is 22.7 Å². The van der Waals surface area contributed by atoms with Gasteiger partial charge in [0.15, 0.2) is 17.0 Å². The van der Waals surface area contributed by atoms with Crippen LogP contribution in [-0.4, -0.2) is 58.9 Å². The lowest BCUT2D eigenvalue weighted by atomic mass is 9.76. The van der Waals surface area contributed by atoms with E-state index in [1.807, 2.05) is 71.0 Å². The Labute approximate surface area is 212 Å². The van der Waals surface area contributed by atoms with Gasteiger partial charge in [-0.05, 0) is 63.4 Å². The van der Waals surface area contributed by atoms with Crippen molar-refractivity contribution in [1.82, 2.24) is 14.8 Å². The van der Waals surface area contributed by atoms with Crippen molar-refractivity contribution in [1.29, 1.82) is 0 Å². The van der Waals surface area contributed by atoms with Crippen molar-refractivity contribution in [2.45, 2.75) is 64.6 Å². The zero-order chi connectivity index (χ0) is 25.8. The lowest BCUT2D eigenvalue weighted by molar-refractivity contribution is -0.168. The van der Waals surface area contributed by atoms with E-state index in [1.54, 1.807) is 16.9 Å². The Kier molecular flexibility index (Phi) is 5.97. The number of amides is 2. The number of hydrogen-bond donors (Lipinski definition) is 1. The molecule has 36 heavy (non-hydrogen) atoms. The Balaban J connectivity index is 1.70. The molecule has 1 fully saturated rings. The fourth-order valence-electron chi connectivity index (χ4n) is 5.76. The minimum absolute atomic E-state index is 0.0104. The SMILES string of the molecule is CC[C@H](C)N1CC(=O)N2C[C@H](c3ccc(OC(C)C)c(OC)c3)c3c([nH]c4ccccc34)[C@@]2(C)C1=O. The molecule has 0 radical (unpaired) electrons. The fraction of sp³-hybridized carbons (Fsp3) is 0.448. The number of benzene rings is 2. The fourth-order valence-corrected chi connectivity index (χ4v) is 5.76. The predicted molar refractivity (Wildman–Crippen MR) is 139 cm³/mol. The molecule has 7 nitrogen and oxygen atoms in total. The maximum Gasteiger partial charge on any atom is 0.255 e. The van der Waals surface area contributed by atoms with E-state index in [2.05, 4.69) is 11.1 Å². The van der Waals surface area contributed by atoms with Gasteiger partial charge in [-0.2, -0.15) is 0 Å². The molecule has 190 valence electrons. The Morgan fingerprint density at radius 1 is 1.11 bits per heavy atom. The van der Waals surface area contributed by atoms with E-state index in [9.17, 15) is 9.59 Å². The molecule has 0 spiro atoms. The van der Waals surface area contributed by atoms with Crippen LogP contribution in [0.25, 0.3) is 10.9 Å². The number of H-pyrrole nitrogens is 1. The summed E-state index contributed by atoms with van der Waals surface area (Å²) in [7, 11) is 1.64. The molecule has 0 bridgehead atoms. The van der Waals surface area contributed by atoms with Crippen LogP contribution in [0.2, 0.25) is 0 Å². The van der Waals surface area contributed by atoms with Crippen molar-refractivity contribution in [3.63, 3.8) is 0 Å². The zero-order valence-corrected chi connectivity index (χ0v) is 21.9. The lowest BCUT2D eigenvalue weighted by Crippen LogP contribution is -2.68. The van der Waals surface area contributed by atoms with Crippen LogP contribution < -0.4 is 9.47 Å². The van der Waals surface area contributed by atoms with Crippen LogP contribution in [0.5, 0.6) is 11.5 Å². The third-order valence-corrected chi connectivity index (χ3v) is 7.85. The molecule has 1 N–H and O–H groups in total. The van der Waals surface area contributed by atoms with Crippen molar-refractivity contribution < 1.29 is 19.1 Å². The van der Waals surface area contributed by atoms with Gasteiger partial charge in [-0.25, -0.2) is 0 Å². The molecule has 5 rings (SSSR count). The zero-order valence-electron chi connectivity index (χ0n) is 21.9. The third-order valence-electron chi connectivity index (χ3n) is 7.85. The number of fused-ring (bicyclic) bond motifs is 5. The summed E-state index contributed by atoms with van der Waals surface area (Å²) in [5.41, 5.74) is 2.75. The molecule has 2 aromatic carbocycles. The molecule has 7 heteroatoms. The normalized spacial score (nSPS) is 22.6. The maximum atomic E-state index is 14.0. The molecule has 0 aliphatic carbocycles. The number of ether oxygens (including phenoxy) is 2. The molecule has 2 amide bonds.